The van der Waals surface area contributed by atoms with Crippen molar-refractivity contribution in [3.05, 3.63) is 76.6 Å². The average Bonchev–Trinajstić information content (AvgIpc) is 2.46. The molecule has 3 nitrogen and oxygen atoms in total. The Morgan fingerprint density at radius 2 is 1.79 bits per heavy atom. The first-order chi connectivity index (χ1) is 9.31. The summed E-state index contributed by atoms with van der Waals surface area (Å²) in [7, 11) is 0. The minimum Gasteiger partial charge on any atom is -0.489 e. The monoisotopic (exact) mass is 251 g/mol. The molecule has 0 aliphatic heterocycles. The van der Waals surface area contributed by atoms with Crippen LogP contribution in [0.15, 0.2) is 65.5 Å². The molecule has 0 amide bonds. The topological polar surface area (TPSA) is 42.1 Å². The summed E-state index contributed by atoms with van der Waals surface area (Å²) >= 11 is 0. The number of benzene rings is 2. The first-order valence-corrected chi connectivity index (χ1v) is 6.11. The van der Waals surface area contributed by atoms with E-state index in [0.29, 0.717) is 6.61 Å². The molecule has 0 saturated heterocycles. The minimum absolute atomic E-state index is 0.0922. The van der Waals surface area contributed by atoms with Gasteiger partial charge in [-0.15, -0.1) is 0 Å². The number of H-pyrrole nitrogens is 1. The summed E-state index contributed by atoms with van der Waals surface area (Å²) in [4.78, 5) is 14.0. The van der Waals surface area contributed by atoms with Crippen molar-refractivity contribution in [2.45, 2.75) is 6.61 Å². The van der Waals surface area contributed by atoms with Crippen LogP contribution in [-0.4, -0.2) is 4.98 Å². The minimum atomic E-state index is -0.0922. The molecule has 1 aromatic heterocycles. The number of pyridine rings is 1. The molecule has 94 valence electrons. The number of aromatic amines is 1. The van der Waals surface area contributed by atoms with Crippen LogP contribution in [0.25, 0.3) is 10.9 Å². The number of fused-ring (bicyclic) bond motifs is 1. The van der Waals surface area contributed by atoms with Gasteiger partial charge in [0.25, 0.3) is 0 Å². The molecule has 0 aliphatic rings. The van der Waals surface area contributed by atoms with Crippen molar-refractivity contribution in [3.63, 3.8) is 0 Å². The van der Waals surface area contributed by atoms with Crippen LogP contribution in [0.5, 0.6) is 5.75 Å². The fourth-order valence-electron chi connectivity index (χ4n) is 1.96. The molecule has 0 saturated carbocycles. The summed E-state index contributed by atoms with van der Waals surface area (Å²) in [5.74, 6) is 0.795. The molecule has 3 aromatic rings. The maximum atomic E-state index is 11.2. The van der Waals surface area contributed by atoms with Crippen LogP contribution in [0.2, 0.25) is 0 Å². The lowest BCUT2D eigenvalue weighted by atomic mass is 10.2. The highest BCUT2D eigenvalue weighted by Gasteiger charge is 1.99. The van der Waals surface area contributed by atoms with E-state index >= 15 is 0 Å². The number of nitrogens with one attached hydrogen (secondary N) is 1. The summed E-state index contributed by atoms with van der Waals surface area (Å²) in [5, 5.41) is 0.963. The largest absolute Gasteiger partial charge is 0.489 e. The van der Waals surface area contributed by atoms with E-state index in [9.17, 15) is 4.79 Å². The molecule has 3 heteroatoms. The van der Waals surface area contributed by atoms with Crippen LogP contribution in [0.3, 0.4) is 0 Å². The number of hydrogen-bond acceptors (Lipinski definition) is 2. The highest BCUT2D eigenvalue weighted by Crippen LogP contribution is 2.19. The summed E-state index contributed by atoms with van der Waals surface area (Å²) in [5.41, 5.74) is 1.86. The van der Waals surface area contributed by atoms with Gasteiger partial charge in [0.05, 0.1) is 0 Å². The van der Waals surface area contributed by atoms with Crippen LogP contribution in [0.4, 0.5) is 0 Å². The Labute approximate surface area is 110 Å². The molecule has 19 heavy (non-hydrogen) atoms. The average molecular weight is 251 g/mol. The van der Waals surface area contributed by atoms with Crippen LogP contribution >= 0.6 is 0 Å². The Bertz CT molecular complexity index is 747. The maximum absolute atomic E-state index is 11.2. The Balaban J connectivity index is 1.82. The van der Waals surface area contributed by atoms with Gasteiger partial charge in [0.2, 0.25) is 5.56 Å². The number of aromatic nitrogens is 1. The highest BCUT2D eigenvalue weighted by molar-refractivity contribution is 5.79. The third kappa shape index (κ3) is 2.65. The Morgan fingerprint density at radius 1 is 0.947 bits per heavy atom. The quantitative estimate of drug-likeness (QED) is 0.777. The third-order valence-corrected chi connectivity index (χ3v) is 2.94. The number of rotatable bonds is 3. The van der Waals surface area contributed by atoms with Gasteiger partial charge in [-0.05, 0) is 29.8 Å². The third-order valence-electron chi connectivity index (χ3n) is 2.94. The van der Waals surface area contributed by atoms with E-state index in [1.807, 2.05) is 48.5 Å². The van der Waals surface area contributed by atoms with Crippen molar-refractivity contribution < 1.29 is 4.74 Å². The molecule has 0 spiro atoms. The van der Waals surface area contributed by atoms with Crippen LogP contribution in [0, 0.1) is 0 Å². The molecular weight excluding hydrogens is 238 g/mol. The normalized spacial score (nSPS) is 10.5. The van der Waals surface area contributed by atoms with E-state index in [-0.39, 0.29) is 5.56 Å². The van der Waals surface area contributed by atoms with E-state index in [2.05, 4.69) is 4.98 Å². The van der Waals surface area contributed by atoms with Crippen LogP contribution in [0.1, 0.15) is 5.56 Å². The molecular formula is C16H13NO2. The van der Waals surface area contributed by atoms with Crippen LogP contribution < -0.4 is 10.3 Å². The molecule has 3 rings (SSSR count). The second-order valence-electron chi connectivity index (χ2n) is 4.35. The highest BCUT2D eigenvalue weighted by atomic mass is 16.5. The molecule has 0 fully saturated rings. The predicted octanol–water partition coefficient (Wildman–Crippen LogP) is 3.11. The summed E-state index contributed by atoms with van der Waals surface area (Å²) < 4.78 is 5.74. The smallest absolute Gasteiger partial charge is 0.248 e. The Kier molecular flexibility index (Phi) is 3.02. The zero-order valence-corrected chi connectivity index (χ0v) is 10.3. The van der Waals surface area contributed by atoms with Gasteiger partial charge in [-0.3, -0.25) is 4.79 Å². The van der Waals surface area contributed by atoms with Crippen molar-refractivity contribution in [2.24, 2.45) is 0 Å². The molecule has 0 unspecified atom stereocenters. The van der Waals surface area contributed by atoms with E-state index < -0.39 is 0 Å². The lowest BCUT2D eigenvalue weighted by Gasteiger charge is -2.07. The van der Waals surface area contributed by atoms with Gasteiger partial charge in [0.15, 0.2) is 0 Å². The number of ether oxygens (including phenoxy) is 1. The maximum Gasteiger partial charge on any atom is 0.248 e. The SMILES string of the molecule is O=c1ccc2cc(OCc3ccccc3)ccc2[nH]1. The van der Waals surface area contributed by atoms with Crippen molar-refractivity contribution in [3.8, 4) is 5.75 Å². The second-order valence-corrected chi connectivity index (χ2v) is 4.35. The van der Waals surface area contributed by atoms with E-state index in [0.717, 1.165) is 22.2 Å². The Hall–Kier alpha value is -2.55. The van der Waals surface area contributed by atoms with Crippen molar-refractivity contribution >= 4 is 10.9 Å². The summed E-state index contributed by atoms with van der Waals surface area (Å²) in [6.07, 6.45) is 0. The number of hydrogen-bond donors (Lipinski definition) is 1. The van der Waals surface area contributed by atoms with E-state index in [1.165, 1.54) is 6.07 Å². The van der Waals surface area contributed by atoms with Gasteiger partial charge in [-0.1, -0.05) is 30.3 Å². The fourth-order valence-corrected chi connectivity index (χ4v) is 1.96. The molecule has 0 bridgehead atoms. The fraction of sp³-hybridized carbons (Fsp3) is 0.0625. The molecule has 1 N–H and O–H groups in total. The van der Waals surface area contributed by atoms with Gasteiger partial charge in [-0.25, -0.2) is 0 Å². The predicted molar refractivity (Wildman–Crippen MR) is 75.3 cm³/mol. The molecule has 0 radical (unpaired) electrons. The van der Waals surface area contributed by atoms with E-state index in [1.54, 1.807) is 6.07 Å². The second kappa shape index (κ2) is 4.98. The summed E-state index contributed by atoms with van der Waals surface area (Å²) in [6, 6.07) is 19.0. The van der Waals surface area contributed by atoms with Gasteiger partial charge in [-0.2, -0.15) is 0 Å². The van der Waals surface area contributed by atoms with Crippen molar-refractivity contribution in [1.29, 1.82) is 0 Å². The van der Waals surface area contributed by atoms with Gasteiger partial charge in [0, 0.05) is 17.0 Å². The zero-order chi connectivity index (χ0) is 13.1. The van der Waals surface area contributed by atoms with Crippen molar-refractivity contribution in [2.75, 3.05) is 0 Å². The first-order valence-electron chi connectivity index (χ1n) is 6.11. The molecule has 1 heterocycles. The van der Waals surface area contributed by atoms with Gasteiger partial charge < -0.3 is 9.72 Å². The van der Waals surface area contributed by atoms with E-state index in [4.69, 9.17) is 4.74 Å². The molecule has 0 aliphatic carbocycles. The Morgan fingerprint density at radius 3 is 2.63 bits per heavy atom. The van der Waals surface area contributed by atoms with Crippen molar-refractivity contribution in [1.82, 2.24) is 4.98 Å². The molecule has 0 atom stereocenters. The van der Waals surface area contributed by atoms with Crippen LogP contribution in [-0.2, 0) is 6.61 Å². The summed E-state index contributed by atoms with van der Waals surface area (Å²) in [6.45, 7) is 0.537. The zero-order valence-electron chi connectivity index (χ0n) is 10.3. The first kappa shape index (κ1) is 11.5. The molecule has 2 aromatic carbocycles. The lowest BCUT2D eigenvalue weighted by Crippen LogP contribution is -2.02. The van der Waals surface area contributed by atoms with Gasteiger partial charge in [0.1, 0.15) is 12.4 Å². The lowest BCUT2D eigenvalue weighted by molar-refractivity contribution is 0.306. The van der Waals surface area contributed by atoms with Gasteiger partial charge >= 0.3 is 0 Å². The standard InChI is InChI=1S/C16H13NO2/c18-16-9-6-13-10-14(7-8-15(13)17-16)19-11-12-4-2-1-3-5-12/h1-10H,11H2,(H,17,18).